The number of Topliss-reactive ketones (excluding diaryl/α,β-unsaturated/α-hetero) is 1. The fourth-order valence-electron chi connectivity index (χ4n) is 2.15. The molecule has 0 amide bonds. The molecule has 2 N–H and O–H groups in total. The normalized spacial score (nSPS) is 21.1. The van der Waals surface area contributed by atoms with Crippen LogP contribution in [0.2, 0.25) is 0 Å². The van der Waals surface area contributed by atoms with Crippen molar-refractivity contribution in [2.24, 2.45) is 5.73 Å². The summed E-state index contributed by atoms with van der Waals surface area (Å²) in [5, 5.41) is 0. The molecule has 2 unspecified atom stereocenters. The Labute approximate surface area is 89.7 Å². The Kier molecular flexibility index (Phi) is 2.82. The van der Waals surface area contributed by atoms with Gasteiger partial charge in [-0.1, -0.05) is 13.0 Å². The summed E-state index contributed by atoms with van der Waals surface area (Å²) in [6.07, 6.45) is 4.29. The van der Waals surface area contributed by atoms with Crippen LogP contribution in [0, 0.1) is 0 Å². The predicted octanol–water partition coefficient (Wildman–Crippen LogP) is 1.42. The van der Waals surface area contributed by atoms with Gasteiger partial charge < -0.3 is 5.73 Å². The van der Waals surface area contributed by atoms with Gasteiger partial charge in [0.05, 0.1) is 17.7 Å². The molecule has 2 rings (SSSR count). The largest absolute Gasteiger partial charge is 0.321 e. The number of hydrogen-bond donors (Lipinski definition) is 1. The minimum absolute atomic E-state index is 0.0591. The summed E-state index contributed by atoms with van der Waals surface area (Å²) in [6.45, 7) is 1.94. The Balaban J connectivity index is 2.24. The van der Waals surface area contributed by atoms with Crippen molar-refractivity contribution in [3.05, 3.63) is 29.6 Å². The number of rotatable bonds is 3. The van der Waals surface area contributed by atoms with E-state index >= 15 is 0 Å². The quantitative estimate of drug-likeness (QED) is 0.810. The maximum Gasteiger partial charge on any atom is 0.158 e. The van der Waals surface area contributed by atoms with Crippen molar-refractivity contribution in [2.45, 2.75) is 38.1 Å². The molecule has 1 aromatic rings. The number of carbonyl (C=O) groups excluding carboxylic acids is 1. The van der Waals surface area contributed by atoms with Crippen LogP contribution in [0.5, 0.6) is 0 Å². The summed E-state index contributed by atoms with van der Waals surface area (Å²) in [5.74, 6) is 0.0890. The summed E-state index contributed by atoms with van der Waals surface area (Å²) in [6, 6.07) is 3.64. The third-order valence-corrected chi connectivity index (χ3v) is 3.11. The lowest BCUT2D eigenvalue weighted by Crippen LogP contribution is -2.33. The second-order valence-electron chi connectivity index (χ2n) is 4.06. The number of pyridine rings is 1. The lowest BCUT2D eigenvalue weighted by Gasteiger charge is -2.13. The van der Waals surface area contributed by atoms with Crippen LogP contribution >= 0.6 is 0 Å². The number of hydrogen-bond acceptors (Lipinski definition) is 3. The van der Waals surface area contributed by atoms with Crippen LogP contribution < -0.4 is 5.73 Å². The molecule has 3 nitrogen and oxygen atoms in total. The zero-order valence-corrected chi connectivity index (χ0v) is 8.94. The lowest BCUT2D eigenvalue weighted by atomic mass is 9.95. The molecule has 0 aromatic carbocycles. The molecular weight excluding hydrogens is 188 g/mol. The van der Waals surface area contributed by atoms with Crippen LogP contribution in [0.25, 0.3) is 0 Å². The molecule has 80 valence electrons. The SMILES string of the molecule is CCC(N)C(=O)C1CCc2cccnc21. The monoisotopic (exact) mass is 204 g/mol. The zero-order valence-electron chi connectivity index (χ0n) is 8.94. The van der Waals surface area contributed by atoms with E-state index in [1.54, 1.807) is 6.20 Å². The fourth-order valence-corrected chi connectivity index (χ4v) is 2.15. The minimum atomic E-state index is -0.331. The zero-order chi connectivity index (χ0) is 10.8. The first-order chi connectivity index (χ1) is 7.24. The predicted molar refractivity (Wildman–Crippen MR) is 58.6 cm³/mol. The van der Waals surface area contributed by atoms with E-state index in [9.17, 15) is 4.79 Å². The number of fused-ring (bicyclic) bond motifs is 1. The van der Waals surface area contributed by atoms with E-state index in [1.807, 2.05) is 19.1 Å². The first kappa shape index (κ1) is 10.3. The van der Waals surface area contributed by atoms with Crippen LogP contribution in [0.1, 0.15) is 36.9 Å². The number of nitrogens with zero attached hydrogens (tertiary/aromatic N) is 1. The molecule has 0 bridgehead atoms. The van der Waals surface area contributed by atoms with Crippen molar-refractivity contribution in [1.82, 2.24) is 4.98 Å². The topological polar surface area (TPSA) is 56.0 Å². The molecule has 0 saturated carbocycles. The van der Waals surface area contributed by atoms with Crippen molar-refractivity contribution in [2.75, 3.05) is 0 Å². The maximum atomic E-state index is 12.0. The van der Waals surface area contributed by atoms with Crippen molar-refractivity contribution in [3.63, 3.8) is 0 Å². The molecule has 0 spiro atoms. The fraction of sp³-hybridized carbons (Fsp3) is 0.500. The highest BCUT2D eigenvalue weighted by atomic mass is 16.1. The van der Waals surface area contributed by atoms with Gasteiger partial charge in [-0.3, -0.25) is 9.78 Å². The van der Waals surface area contributed by atoms with Crippen molar-refractivity contribution in [3.8, 4) is 0 Å². The standard InChI is InChI=1S/C12H16N2O/c1-2-10(13)12(15)9-6-5-8-4-3-7-14-11(8)9/h3-4,7,9-10H,2,5-6,13H2,1H3. The molecule has 0 fully saturated rings. The van der Waals surface area contributed by atoms with Crippen molar-refractivity contribution < 1.29 is 4.79 Å². The molecule has 1 heterocycles. The minimum Gasteiger partial charge on any atom is -0.321 e. The average molecular weight is 204 g/mol. The molecule has 1 aliphatic carbocycles. The summed E-state index contributed by atoms with van der Waals surface area (Å²) in [7, 11) is 0. The Morgan fingerprint density at radius 3 is 3.27 bits per heavy atom. The third kappa shape index (κ3) is 1.79. The summed E-state index contributed by atoms with van der Waals surface area (Å²) in [4.78, 5) is 16.3. The summed E-state index contributed by atoms with van der Waals surface area (Å²) >= 11 is 0. The average Bonchev–Trinajstić information content (AvgIpc) is 2.70. The smallest absolute Gasteiger partial charge is 0.158 e. The molecule has 1 aliphatic rings. The van der Waals surface area contributed by atoms with E-state index in [-0.39, 0.29) is 17.7 Å². The summed E-state index contributed by atoms with van der Waals surface area (Å²) < 4.78 is 0. The van der Waals surface area contributed by atoms with E-state index in [4.69, 9.17) is 5.73 Å². The van der Waals surface area contributed by atoms with Crippen LogP contribution in [-0.4, -0.2) is 16.8 Å². The highest BCUT2D eigenvalue weighted by Gasteiger charge is 2.31. The molecule has 1 aromatic heterocycles. The van der Waals surface area contributed by atoms with Crippen LogP contribution in [0.15, 0.2) is 18.3 Å². The Bertz CT molecular complexity index is 376. The van der Waals surface area contributed by atoms with Gasteiger partial charge in [0.25, 0.3) is 0 Å². The molecule has 0 saturated heterocycles. The van der Waals surface area contributed by atoms with Gasteiger partial charge in [0.1, 0.15) is 0 Å². The Morgan fingerprint density at radius 1 is 1.73 bits per heavy atom. The Hall–Kier alpha value is -1.22. The van der Waals surface area contributed by atoms with E-state index in [0.29, 0.717) is 6.42 Å². The highest BCUT2D eigenvalue weighted by molar-refractivity contribution is 5.90. The van der Waals surface area contributed by atoms with Gasteiger partial charge in [0, 0.05) is 6.20 Å². The third-order valence-electron chi connectivity index (χ3n) is 3.11. The van der Waals surface area contributed by atoms with Crippen LogP contribution in [0.3, 0.4) is 0 Å². The van der Waals surface area contributed by atoms with E-state index in [2.05, 4.69) is 4.98 Å². The first-order valence-corrected chi connectivity index (χ1v) is 5.47. The van der Waals surface area contributed by atoms with Gasteiger partial charge in [-0.15, -0.1) is 0 Å². The number of carbonyl (C=O) groups is 1. The van der Waals surface area contributed by atoms with E-state index in [0.717, 1.165) is 18.5 Å². The van der Waals surface area contributed by atoms with Gasteiger partial charge in [0.2, 0.25) is 0 Å². The summed E-state index contributed by atoms with van der Waals surface area (Å²) in [5.41, 5.74) is 7.93. The van der Waals surface area contributed by atoms with Crippen molar-refractivity contribution in [1.29, 1.82) is 0 Å². The molecule has 15 heavy (non-hydrogen) atoms. The number of ketones is 1. The van der Waals surface area contributed by atoms with Gasteiger partial charge in [-0.05, 0) is 30.9 Å². The highest BCUT2D eigenvalue weighted by Crippen LogP contribution is 2.32. The van der Waals surface area contributed by atoms with Crippen LogP contribution in [0.4, 0.5) is 0 Å². The number of aryl methyl sites for hydroxylation is 1. The first-order valence-electron chi connectivity index (χ1n) is 5.47. The number of aromatic nitrogens is 1. The van der Waals surface area contributed by atoms with E-state index < -0.39 is 0 Å². The van der Waals surface area contributed by atoms with Gasteiger partial charge >= 0.3 is 0 Å². The van der Waals surface area contributed by atoms with Gasteiger partial charge in [-0.2, -0.15) is 0 Å². The number of nitrogens with two attached hydrogens (primary N) is 1. The lowest BCUT2D eigenvalue weighted by molar-refractivity contribution is -0.121. The van der Waals surface area contributed by atoms with Gasteiger partial charge in [-0.25, -0.2) is 0 Å². The second-order valence-corrected chi connectivity index (χ2v) is 4.06. The molecule has 0 radical (unpaired) electrons. The van der Waals surface area contributed by atoms with Crippen LogP contribution in [-0.2, 0) is 11.2 Å². The molecule has 0 aliphatic heterocycles. The molecular formula is C12H16N2O. The van der Waals surface area contributed by atoms with Gasteiger partial charge in [0.15, 0.2) is 5.78 Å². The molecule has 3 heteroatoms. The van der Waals surface area contributed by atoms with Crippen molar-refractivity contribution >= 4 is 5.78 Å². The van der Waals surface area contributed by atoms with E-state index in [1.165, 1.54) is 5.56 Å². The molecule has 2 atom stereocenters. The maximum absolute atomic E-state index is 12.0. The second kappa shape index (κ2) is 4.11. The Morgan fingerprint density at radius 2 is 2.53 bits per heavy atom.